The van der Waals surface area contributed by atoms with Crippen LogP contribution in [-0.4, -0.2) is 51.5 Å². The second-order valence-corrected chi connectivity index (χ2v) is 12.1. The van der Waals surface area contributed by atoms with Gasteiger partial charge in [-0.2, -0.15) is 5.10 Å². The summed E-state index contributed by atoms with van der Waals surface area (Å²) in [5.74, 6) is 1.19. The minimum atomic E-state index is -1.52. The van der Waals surface area contributed by atoms with Crippen molar-refractivity contribution in [2.75, 3.05) is 25.4 Å². The Bertz CT molecular complexity index is 1450. The highest BCUT2D eigenvalue weighted by atomic mass is 35.5. The number of hydrogen-bond donors (Lipinski definition) is 2. The molecule has 0 saturated carbocycles. The minimum Gasteiger partial charge on any atom is -0.496 e. The Hall–Kier alpha value is -2.92. The first kappa shape index (κ1) is 25.7. The van der Waals surface area contributed by atoms with Crippen molar-refractivity contribution in [2.45, 2.75) is 36.2 Å². The summed E-state index contributed by atoms with van der Waals surface area (Å²) in [4.78, 5) is 14.7. The largest absolute Gasteiger partial charge is 0.496 e. The van der Waals surface area contributed by atoms with Gasteiger partial charge in [0.1, 0.15) is 9.96 Å². The number of likely N-dealkylation sites (N-methyl/N-ethyl adjacent to an activating group) is 1. The topological polar surface area (TPSA) is 88.5 Å². The lowest BCUT2D eigenvalue weighted by Gasteiger charge is -2.18. The average molecular weight is 558 g/mol. The van der Waals surface area contributed by atoms with Gasteiger partial charge in [-0.1, -0.05) is 41.9 Å². The molecule has 0 aliphatic carbocycles. The summed E-state index contributed by atoms with van der Waals surface area (Å²) >= 11 is 7.29. The Morgan fingerprint density at radius 2 is 2.03 bits per heavy atom. The van der Waals surface area contributed by atoms with E-state index < -0.39 is 11.0 Å². The van der Waals surface area contributed by atoms with E-state index in [0.717, 1.165) is 41.4 Å². The minimum absolute atomic E-state index is 0.0460. The van der Waals surface area contributed by atoms with Crippen molar-refractivity contribution in [1.29, 1.82) is 0 Å². The molecule has 4 aromatic rings. The van der Waals surface area contributed by atoms with Crippen molar-refractivity contribution in [3.63, 3.8) is 0 Å². The van der Waals surface area contributed by atoms with Gasteiger partial charge in [0.15, 0.2) is 16.8 Å². The number of aromatic nitrogens is 2. The molecule has 2 N–H and O–H groups in total. The highest BCUT2D eigenvalue weighted by molar-refractivity contribution is 7.88. The molecule has 0 radical (unpaired) electrons. The molecule has 0 spiro atoms. The van der Waals surface area contributed by atoms with E-state index in [2.05, 4.69) is 21.0 Å². The van der Waals surface area contributed by atoms with Crippen LogP contribution in [0.3, 0.4) is 0 Å². The van der Waals surface area contributed by atoms with Crippen LogP contribution in [0.4, 0.5) is 5.82 Å². The number of halogens is 1. The Morgan fingerprint density at radius 3 is 2.76 bits per heavy atom. The quantitative estimate of drug-likeness (QED) is 0.313. The van der Waals surface area contributed by atoms with E-state index in [1.807, 2.05) is 48.1 Å². The molecular formula is C26H28ClN5O3S2. The summed E-state index contributed by atoms with van der Waals surface area (Å²) in [5.41, 5.74) is 2.91. The van der Waals surface area contributed by atoms with Gasteiger partial charge in [0.2, 0.25) is 5.91 Å². The summed E-state index contributed by atoms with van der Waals surface area (Å²) in [5, 5.41) is 8.59. The lowest BCUT2D eigenvalue weighted by Crippen LogP contribution is -2.41. The first-order valence-electron chi connectivity index (χ1n) is 12.0. The number of benzene rings is 2. The van der Waals surface area contributed by atoms with Gasteiger partial charge in [-0.05, 0) is 61.8 Å². The van der Waals surface area contributed by atoms with Gasteiger partial charge in [0, 0.05) is 6.54 Å². The van der Waals surface area contributed by atoms with Crippen LogP contribution in [0.1, 0.15) is 24.0 Å². The number of amides is 1. The second-order valence-electron chi connectivity index (χ2n) is 8.97. The van der Waals surface area contributed by atoms with Gasteiger partial charge < -0.3 is 10.1 Å². The summed E-state index contributed by atoms with van der Waals surface area (Å²) in [6.07, 6.45) is 1.96. The summed E-state index contributed by atoms with van der Waals surface area (Å²) in [6.45, 7) is 1.93. The maximum Gasteiger partial charge on any atom is 0.237 e. The molecule has 2 aromatic heterocycles. The zero-order valence-electron chi connectivity index (χ0n) is 20.6. The predicted octanol–water partition coefficient (Wildman–Crippen LogP) is 4.65. The van der Waals surface area contributed by atoms with E-state index in [1.165, 1.54) is 11.3 Å². The van der Waals surface area contributed by atoms with Gasteiger partial charge in [-0.15, -0.1) is 11.3 Å². The molecule has 2 aromatic carbocycles. The van der Waals surface area contributed by atoms with Crippen molar-refractivity contribution < 1.29 is 13.7 Å². The number of likely N-dealkylation sites (tertiary alicyclic amines) is 1. The van der Waals surface area contributed by atoms with E-state index >= 15 is 0 Å². The maximum atomic E-state index is 12.9. The third-order valence-corrected chi connectivity index (χ3v) is 9.10. The van der Waals surface area contributed by atoms with E-state index in [-0.39, 0.29) is 11.9 Å². The number of fused-ring (bicyclic) bond motifs is 1. The molecule has 0 bridgehead atoms. The molecule has 2 unspecified atom stereocenters. The standard InChI is InChI=1S/C26H28ClN5O3S2/c1-31-13-5-9-20(31)26(33)28-15-17-6-3-7-18(14-17)16-32-19-8-4-10-21(35-2)24(19)25(29-32)30-37(34)23-12-11-22(27)36-23/h3-4,6-8,10-12,14,20H,5,9,13,15-16H2,1-2H3,(H,28,33)(H,29,30). The lowest BCUT2D eigenvalue weighted by atomic mass is 10.1. The molecule has 1 aliphatic heterocycles. The molecule has 37 heavy (non-hydrogen) atoms. The SMILES string of the molecule is COc1cccc2c1c(NS(=O)c1ccc(Cl)s1)nn2Cc1cccc(CNC(=O)C2CCCN2C)c1. The average Bonchev–Trinajstić information content (AvgIpc) is 3.62. The fourth-order valence-corrected chi connectivity index (χ4v) is 6.88. The first-order chi connectivity index (χ1) is 17.9. The number of ether oxygens (including phenoxy) is 1. The van der Waals surface area contributed by atoms with Gasteiger partial charge in [-0.25, -0.2) is 4.21 Å². The highest BCUT2D eigenvalue weighted by Crippen LogP contribution is 2.34. The molecular weight excluding hydrogens is 530 g/mol. The number of methoxy groups -OCH3 is 1. The molecule has 1 amide bonds. The van der Waals surface area contributed by atoms with E-state index in [1.54, 1.807) is 19.2 Å². The Kier molecular flexibility index (Phi) is 7.80. The number of rotatable bonds is 9. The van der Waals surface area contributed by atoms with Crippen molar-refractivity contribution in [1.82, 2.24) is 20.0 Å². The molecule has 194 valence electrons. The number of carbonyl (C=O) groups excluding carboxylic acids is 1. The summed E-state index contributed by atoms with van der Waals surface area (Å²) in [6, 6.07) is 17.2. The van der Waals surface area contributed by atoms with Gasteiger partial charge in [0.25, 0.3) is 0 Å². The Labute approximate surface area is 227 Å². The van der Waals surface area contributed by atoms with Gasteiger partial charge in [0.05, 0.1) is 34.9 Å². The van der Waals surface area contributed by atoms with Crippen molar-refractivity contribution >= 4 is 56.6 Å². The zero-order valence-corrected chi connectivity index (χ0v) is 23.0. The smallest absolute Gasteiger partial charge is 0.237 e. The zero-order chi connectivity index (χ0) is 25.9. The van der Waals surface area contributed by atoms with E-state index in [4.69, 9.17) is 21.4 Å². The van der Waals surface area contributed by atoms with Crippen LogP contribution >= 0.6 is 22.9 Å². The maximum absolute atomic E-state index is 12.9. The number of hydrogen-bond acceptors (Lipinski definition) is 6. The predicted molar refractivity (Wildman–Crippen MR) is 149 cm³/mol. The number of nitrogens with zero attached hydrogens (tertiary/aromatic N) is 3. The lowest BCUT2D eigenvalue weighted by molar-refractivity contribution is -0.125. The molecule has 1 aliphatic rings. The van der Waals surface area contributed by atoms with Crippen LogP contribution in [-0.2, 0) is 28.9 Å². The fraction of sp³-hybridized carbons (Fsp3) is 0.308. The van der Waals surface area contributed by atoms with Crippen LogP contribution < -0.4 is 14.8 Å². The van der Waals surface area contributed by atoms with E-state index in [9.17, 15) is 9.00 Å². The highest BCUT2D eigenvalue weighted by Gasteiger charge is 2.27. The van der Waals surface area contributed by atoms with Crippen LogP contribution in [0.5, 0.6) is 5.75 Å². The van der Waals surface area contributed by atoms with Gasteiger partial charge in [-0.3, -0.25) is 19.1 Å². The molecule has 1 saturated heterocycles. The van der Waals surface area contributed by atoms with Crippen molar-refractivity contribution in [3.05, 3.63) is 70.1 Å². The molecule has 5 rings (SSSR count). The van der Waals surface area contributed by atoms with Gasteiger partial charge >= 0.3 is 0 Å². The Balaban J connectivity index is 1.37. The molecule has 2 atom stereocenters. The van der Waals surface area contributed by atoms with Crippen LogP contribution in [0.25, 0.3) is 10.9 Å². The number of anilines is 1. The monoisotopic (exact) mass is 557 g/mol. The molecule has 11 heteroatoms. The van der Waals surface area contributed by atoms with Crippen molar-refractivity contribution in [2.24, 2.45) is 0 Å². The van der Waals surface area contributed by atoms with Crippen molar-refractivity contribution in [3.8, 4) is 5.75 Å². The first-order valence-corrected chi connectivity index (χ1v) is 14.3. The molecule has 1 fully saturated rings. The van der Waals surface area contributed by atoms with Crippen LogP contribution in [0.15, 0.2) is 58.8 Å². The Morgan fingerprint density at radius 1 is 1.22 bits per heavy atom. The second kappa shape index (κ2) is 11.2. The summed E-state index contributed by atoms with van der Waals surface area (Å²) in [7, 11) is 2.08. The third kappa shape index (κ3) is 5.67. The number of carbonyl (C=O) groups is 1. The number of thiophene rings is 1. The third-order valence-electron chi connectivity index (χ3n) is 6.49. The van der Waals surface area contributed by atoms with E-state index in [0.29, 0.717) is 33.2 Å². The van der Waals surface area contributed by atoms with Crippen LogP contribution in [0.2, 0.25) is 4.34 Å². The summed E-state index contributed by atoms with van der Waals surface area (Å²) < 4.78 is 24.6. The fourth-order valence-electron chi connectivity index (χ4n) is 4.65. The molecule has 8 nitrogen and oxygen atoms in total. The number of nitrogens with one attached hydrogen (secondary N) is 2. The normalized spacial score (nSPS) is 16.7. The molecule has 3 heterocycles. The van der Waals surface area contributed by atoms with Crippen LogP contribution in [0, 0.1) is 0 Å².